The van der Waals surface area contributed by atoms with Crippen molar-refractivity contribution in [2.45, 2.75) is 96.0 Å². The third-order valence-electron chi connectivity index (χ3n) is 8.75. The van der Waals surface area contributed by atoms with Crippen molar-refractivity contribution in [3.8, 4) is 5.69 Å². The average Bonchev–Trinajstić information content (AvgIpc) is 3.34. The number of ether oxygens (including phenoxy) is 1. The molecule has 1 unspecified atom stereocenters. The van der Waals surface area contributed by atoms with Crippen LogP contribution in [0.5, 0.6) is 0 Å². The summed E-state index contributed by atoms with van der Waals surface area (Å²) in [5.41, 5.74) is 2.88. The first-order valence-electron chi connectivity index (χ1n) is 16.1. The first-order chi connectivity index (χ1) is 22.1. The summed E-state index contributed by atoms with van der Waals surface area (Å²) in [5.74, 6) is 0.332. The van der Waals surface area contributed by atoms with E-state index in [1.807, 2.05) is 66.7 Å². The summed E-state index contributed by atoms with van der Waals surface area (Å²) in [6.45, 7) is 16.7. The van der Waals surface area contributed by atoms with E-state index in [4.69, 9.17) is 9.72 Å². The molecule has 4 heterocycles. The SMILES string of the molecule is Cc1ccc(C)c(-n2c(Sc3cnc(C(=O)N4CCN(C(=O)OC(C)(C)C)C(C)(C)C4)cn3)nc3sc4c(c3c2=O)CCC(C)C4)c1. The molecular weight excluding hydrogens is 633 g/mol. The Morgan fingerprint density at radius 1 is 1.11 bits per heavy atom. The Kier molecular flexibility index (Phi) is 8.71. The van der Waals surface area contributed by atoms with Gasteiger partial charge in [-0.05, 0) is 108 Å². The molecule has 1 aliphatic heterocycles. The molecule has 6 rings (SSSR count). The number of rotatable bonds is 4. The zero-order valence-electron chi connectivity index (χ0n) is 28.3. The molecule has 1 saturated heterocycles. The third kappa shape index (κ3) is 6.67. The molecule has 3 aromatic heterocycles. The number of aromatic nitrogens is 4. The highest BCUT2D eigenvalue weighted by Gasteiger charge is 2.40. The largest absolute Gasteiger partial charge is 0.444 e. The van der Waals surface area contributed by atoms with E-state index < -0.39 is 11.1 Å². The summed E-state index contributed by atoms with van der Waals surface area (Å²) >= 11 is 2.89. The number of amides is 2. The Labute approximate surface area is 283 Å². The van der Waals surface area contributed by atoms with Crippen LogP contribution in [0.1, 0.15) is 80.0 Å². The van der Waals surface area contributed by atoms with Crippen molar-refractivity contribution in [1.82, 2.24) is 29.3 Å². The van der Waals surface area contributed by atoms with E-state index in [2.05, 4.69) is 16.9 Å². The minimum atomic E-state index is -0.625. The van der Waals surface area contributed by atoms with Crippen molar-refractivity contribution < 1.29 is 14.3 Å². The van der Waals surface area contributed by atoms with Gasteiger partial charge in [0.15, 0.2) is 5.16 Å². The molecule has 1 atom stereocenters. The summed E-state index contributed by atoms with van der Waals surface area (Å²) in [5, 5.41) is 1.76. The topological polar surface area (TPSA) is 111 Å². The van der Waals surface area contributed by atoms with Gasteiger partial charge in [0.05, 0.1) is 29.0 Å². The van der Waals surface area contributed by atoms with Crippen LogP contribution in [0.2, 0.25) is 0 Å². The highest BCUT2D eigenvalue weighted by molar-refractivity contribution is 7.99. The lowest BCUT2D eigenvalue weighted by atomic mass is 9.89. The fourth-order valence-corrected chi connectivity index (χ4v) is 8.57. The van der Waals surface area contributed by atoms with Crippen LogP contribution in [0, 0.1) is 19.8 Å². The van der Waals surface area contributed by atoms with Gasteiger partial charge in [-0.2, -0.15) is 0 Å². The van der Waals surface area contributed by atoms with Crippen LogP contribution in [0.4, 0.5) is 4.79 Å². The summed E-state index contributed by atoms with van der Waals surface area (Å²) < 4.78 is 7.31. The zero-order valence-corrected chi connectivity index (χ0v) is 30.0. The zero-order chi connectivity index (χ0) is 33.8. The summed E-state index contributed by atoms with van der Waals surface area (Å²) in [4.78, 5) is 60.2. The number of benzene rings is 1. The highest BCUT2D eigenvalue weighted by atomic mass is 32.2. The van der Waals surface area contributed by atoms with Crippen molar-refractivity contribution in [3.63, 3.8) is 0 Å². The molecule has 4 aromatic rings. The first kappa shape index (κ1) is 33.1. The van der Waals surface area contributed by atoms with Crippen molar-refractivity contribution in [3.05, 3.63) is 68.2 Å². The molecule has 0 saturated carbocycles. The maximum absolute atomic E-state index is 14.3. The van der Waals surface area contributed by atoms with Crippen LogP contribution < -0.4 is 5.56 Å². The molecule has 0 bridgehead atoms. The second kappa shape index (κ2) is 12.4. The number of carbonyl (C=O) groups excluding carboxylic acids is 2. The molecule has 2 amide bonds. The minimum Gasteiger partial charge on any atom is -0.444 e. The predicted octanol–water partition coefficient (Wildman–Crippen LogP) is 6.60. The maximum atomic E-state index is 14.3. The van der Waals surface area contributed by atoms with Crippen LogP contribution in [0.15, 0.2) is 45.6 Å². The van der Waals surface area contributed by atoms with Gasteiger partial charge in [-0.15, -0.1) is 11.3 Å². The van der Waals surface area contributed by atoms with Crippen LogP contribution in [-0.2, 0) is 17.6 Å². The fourth-order valence-electron chi connectivity index (χ4n) is 6.33. The second-order valence-corrected chi connectivity index (χ2v) is 16.4. The lowest BCUT2D eigenvalue weighted by Crippen LogP contribution is -2.62. The summed E-state index contributed by atoms with van der Waals surface area (Å²) in [6, 6.07) is 6.08. The second-order valence-electron chi connectivity index (χ2n) is 14.4. The van der Waals surface area contributed by atoms with E-state index in [1.165, 1.54) is 22.8 Å². The maximum Gasteiger partial charge on any atom is 0.410 e. The molecule has 248 valence electrons. The molecular formula is C35H42N6O4S2. The lowest BCUT2D eigenvalue weighted by molar-refractivity contribution is -0.0203. The van der Waals surface area contributed by atoms with Gasteiger partial charge in [0.2, 0.25) is 0 Å². The molecule has 0 N–H and O–H groups in total. The average molecular weight is 675 g/mol. The molecule has 1 aromatic carbocycles. The van der Waals surface area contributed by atoms with Gasteiger partial charge in [0, 0.05) is 24.5 Å². The van der Waals surface area contributed by atoms with Gasteiger partial charge in [-0.1, -0.05) is 19.1 Å². The molecule has 10 nitrogen and oxygen atoms in total. The number of aryl methyl sites for hydroxylation is 3. The van der Waals surface area contributed by atoms with Crippen LogP contribution in [-0.4, -0.2) is 72.1 Å². The van der Waals surface area contributed by atoms with Crippen LogP contribution >= 0.6 is 23.1 Å². The Morgan fingerprint density at radius 2 is 1.87 bits per heavy atom. The third-order valence-corrected chi connectivity index (χ3v) is 10.8. The molecule has 47 heavy (non-hydrogen) atoms. The van der Waals surface area contributed by atoms with Crippen molar-refractivity contribution in [2.75, 3.05) is 19.6 Å². The van der Waals surface area contributed by atoms with Gasteiger partial charge < -0.3 is 9.64 Å². The number of fused-ring (bicyclic) bond motifs is 3. The molecule has 1 fully saturated rings. The van der Waals surface area contributed by atoms with E-state index in [0.29, 0.717) is 35.7 Å². The number of carbonyl (C=O) groups is 2. The van der Waals surface area contributed by atoms with Crippen molar-refractivity contribution >= 4 is 45.3 Å². The minimum absolute atomic E-state index is 0.0638. The van der Waals surface area contributed by atoms with Crippen molar-refractivity contribution in [2.24, 2.45) is 5.92 Å². The van der Waals surface area contributed by atoms with E-state index in [0.717, 1.165) is 51.9 Å². The van der Waals surface area contributed by atoms with E-state index in [-0.39, 0.29) is 23.3 Å². The number of nitrogens with zero attached hydrogens (tertiary/aromatic N) is 6. The van der Waals surface area contributed by atoms with E-state index in [9.17, 15) is 14.4 Å². The van der Waals surface area contributed by atoms with E-state index >= 15 is 0 Å². The van der Waals surface area contributed by atoms with Gasteiger partial charge in [-0.3, -0.25) is 19.1 Å². The monoisotopic (exact) mass is 674 g/mol. The number of hydrogen-bond donors (Lipinski definition) is 0. The molecule has 0 spiro atoms. The summed E-state index contributed by atoms with van der Waals surface area (Å²) in [6.07, 6.45) is 5.57. The Balaban J connectivity index is 1.28. The Morgan fingerprint density at radius 3 is 2.55 bits per heavy atom. The predicted molar refractivity (Wildman–Crippen MR) is 185 cm³/mol. The van der Waals surface area contributed by atoms with Gasteiger partial charge >= 0.3 is 6.09 Å². The Hall–Kier alpha value is -3.77. The van der Waals surface area contributed by atoms with Gasteiger partial charge in [0.25, 0.3) is 11.5 Å². The van der Waals surface area contributed by atoms with Gasteiger partial charge in [-0.25, -0.2) is 19.7 Å². The number of hydrogen-bond acceptors (Lipinski definition) is 9. The van der Waals surface area contributed by atoms with Gasteiger partial charge in [0.1, 0.15) is 21.2 Å². The van der Waals surface area contributed by atoms with E-state index in [1.54, 1.807) is 31.9 Å². The van der Waals surface area contributed by atoms with Crippen molar-refractivity contribution in [1.29, 1.82) is 0 Å². The lowest BCUT2D eigenvalue weighted by Gasteiger charge is -2.46. The molecule has 1 aliphatic carbocycles. The quantitative estimate of drug-likeness (QED) is 0.223. The number of piperazine rings is 1. The van der Waals surface area contributed by atoms with Crippen LogP contribution in [0.3, 0.4) is 0 Å². The normalized spacial score (nSPS) is 17.9. The molecule has 12 heteroatoms. The smallest absolute Gasteiger partial charge is 0.410 e. The Bertz CT molecular complexity index is 1930. The number of thiophene rings is 1. The fraction of sp³-hybridized carbons (Fsp3) is 0.486. The standard InChI is InChI=1S/C35H42N6O4S2/c1-20-9-11-22(3)25(15-20)41-31(43)28-23-12-10-21(2)16-26(23)46-29(28)38-32(41)47-27-18-36-24(17-37-27)30(42)39-13-14-40(35(7,8)19-39)33(44)45-34(4,5)6/h9,11,15,17-18,21H,10,12-14,16,19H2,1-8H3. The van der Waals surface area contributed by atoms with Crippen LogP contribution in [0.25, 0.3) is 15.9 Å². The molecule has 2 aliphatic rings. The molecule has 0 radical (unpaired) electrons. The highest BCUT2D eigenvalue weighted by Crippen LogP contribution is 2.38. The summed E-state index contributed by atoms with van der Waals surface area (Å²) in [7, 11) is 0. The first-order valence-corrected chi connectivity index (χ1v) is 17.7.